The van der Waals surface area contributed by atoms with Crippen molar-refractivity contribution in [3.63, 3.8) is 0 Å². The van der Waals surface area contributed by atoms with Gasteiger partial charge in [0.05, 0.1) is 12.3 Å². The predicted octanol–water partition coefficient (Wildman–Crippen LogP) is 2.43. The maximum absolute atomic E-state index is 12.5. The fourth-order valence-corrected chi connectivity index (χ4v) is 3.52. The molecule has 0 atom stereocenters. The second-order valence-electron chi connectivity index (χ2n) is 6.34. The average molecular weight is 390 g/mol. The number of hydrogen-bond acceptors (Lipinski definition) is 5. The summed E-state index contributed by atoms with van der Waals surface area (Å²) < 4.78 is 2.00. The van der Waals surface area contributed by atoms with Gasteiger partial charge in [0.2, 0.25) is 11.8 Å². The number of thioether (sulfide) groups is 1. The number of carbonyl (C=O) groups is 2. The standard InChI is InChI=1S/C19H27N5O2S/c1-5-23(12-16(25)20-14(3)4)17(26)13-27-19-22-21-18(24(19)6-2)15-10-8-7-9-11-15/h7-11,14H,5-6,12-13H2,1-4H3,(H,20,25). The molecule has 146 valence electrons. The van der Waals surface area contributed by atoms with Crippen molar-refractivity contribution in [2.45, 2.75) is 45.4 Å². The van der Waals surface area contributed by atoms with Gasteiger partial charge >= 0.3 is 0 Å². The summed E-state index contributed by atoms with van der Waals surface area (Å²) in [7, 11) is 0. The van der Waals surface area contributed by atoms with Crippen LogP contribution in [0, 0.1) is 0 Å². The Balaban J connectivity index is 2.02. The van der Waals surface area contributed by atoms with E-state index in [1.54, 1.807) is 4.90 Å². The molecule has 2 aromatic rings. The van der Waals surface area contributed by atoms with Gasteiger partial charge in [0.15, 0.2) is 11.0 Å². The molecule has 2 rings (SSSR count). The van der Waals surface area contributed by atoms with Gasteiger partial charge in [0.1, 0.15) is 0 Å². The molecule has 0 bridgehead atoms. The fourth-order valence-electron chi connectivity index (χ4n) is 2.62. The molecule has 0 aliphatic carbocycles. The molecule has 0 aliphatic heterocycles. The molecule has 1 N–H and O–H groups in total. The van der Waals surface area contributed by atoms with Crippen molar-refractivity contribution in [3.8, 4) is 11.4 Å². The zero-order chi connectivity index (χ0) is 19.8. The van der Waals surface area contributed by atoms with Crippen LogP contribution in [0.2, 0.25) is 0 Å². The van der Waals surface area contributed by atoms with Gasteiger partial charge in [0, 0.05) is 24.7 Å². The number of benzene rings is 1. The van der Waals surface area contributed by atoms with Gasteiger partial charge in [-0.15, -0.1) is 10.2 Å². The van der Waals surface area contributed by atoms with Crippen LogP contribution in [-0.4, -0.2) is 56.4 Å². The lowest BCUT2D eigenvalue weighted by Crippen LogP contribution is -2.43. The number of carbonyl (C=O) groups excluding carboxylic acids is 2. The molecule has 0 radical (unpaired) electrons. The van der Waals surface area contributed by atoms with Crippen LogP contribution in [0.4, 0.5) is 0 Å². The first-order valence-electron chi connectivity index (χ1n) is 9.14. The minimum Gasteiger partial charge on any atom is -0.352 e. The lowest BCUT2D eigenvalue weighted by atomic mass is 10.2. The molecule has 2 amide bonds. The minimum absolute atomic E-state index is 0.0557. The highest BCUT2D eigenvalue weighted by Crippen LogP contribution is 2.23. The fraction of sp³-hybridized carbons (Fsp3) is 0.474. The minimum atomic E-state index is -0.145. The van der Waals surface area contributed by atoms with Crippen molar-refractivity contribution in [2.24, 2.45) is 0 Å². The number of amides is 2. The second kappa shape index (κ2) is 10.1. The van der Waals surface area contributed by atoms with Crippen LogP contribution in [0.5, 0.6) is 0 Å². The Morgan fingerprint density at radius 1 is 1.19 bits per heavy atom. The van der Waals surface area contributed by atoms with Crippen LogP contribution in [0.15, 0.2) is 35.5 Å². The van der Waals surface area contributed by atoms with Gasteiger partial charge in [0.25, 0.3) is 0 Å². The third-order valence-corrected chi connectivity index (χ3v) is 4.86. The number of aromatic nitrogens is 3. The van der Waals surface area contributed by atoms with Crippen molar-refractivity contribution in [1.82, 2.24) is 25.0 Å². The monoisotopic (exact) mass is 389 g/mol. The zero-order valence-corrected chi connectivity index (χ0v) is 17.1. The molecule has 0 saturated carbocycles. The van der Waals surface area contributed by atoms with Crippen molar-refractivity contribution in [1.29, 1.82) is 0 Å². The Hall–Kier alpha value is -2.35. The van der Waals surface area contributed by atoms with Gasteiger partial charge in [-0.3, -0.25) is 9.59 Å². The molecule has 7 nitrogen and oxygen atoms in total. The number of likely N-dealkylation sites (N-methyl/N-ethyl adjacent to an activating group) is 1. The summed E-state index contributed by atoms with van der Waals surface area (Å²) in [6, 6.07) is 9.91. The van der Waals surface area contributed by atoms with Crippen molar-refractivity contribution in [3.05, 3.63) is 30.3 Å². The third kappa shape index (κ3) is 5.82. The Morgan fingerprint density at radius 3 is 2.48 bits per heavy atom. The summed E-state index contributed by atoms with van der Waals surface area (Å²) in [6.07, 6.45) is 0. The van der Waals surface area contributed by atoms with Crippen molar-refractivity contribution in [2.75, 3.05) is 18.8 Å². The van der Waals surface area contributed by atoms with E-state index in [0.29, 0.717) is 18.2 Å². The molecule has 1 aromatic carbocycles. The Kier molecular flexibility index (Phi) is 7.84. The highest BCUT2D eigenvalue weighted by molar-refractivity contribution is 7.99. The Morgan fingerprint density at radius 2 is 1.89 bits per heavy atom. The normalized spacial score (nSPS) is 10.9. The first-order chi connectivity index (χ1) is 13.0. The van der Waals surface area contributed by atoms with E-state index in [1.807, 2.05) is 62.6 Å². The molecular formula is C19H27N5O2S. The molecule has 27 heavy (non-hydrogen) atoms. The van der Waals surface area contributed by atoms with Gasteiger partial charge in [-0.05, 0) is 27.7 Å². The lowest BCUT2D eigenvalue weighted by molar-refractivity contribution is -0.134. The van der Waals surface area contributed by atoms with Crippen LogP contribution >= 0.6 is 11.8 Å². The van der Waals surface area contributed by atoms with Gasteiger partial charge in [-0.25, -0.2) is 0 Å². The smallest absolute Gasteiger partial charge is 0.239 e. The predicted molar refractivity (Wildman–Crippen MR) is 107 cm³/mol. The second-order valence-corrected chi connectivity index (χ2v) is 7.28. The zero-order valence-electron chi connectivity index (χ0n) is 16.3. The highest BCUT2D eigenvalue weighted by atomic mass is 32.2. The van der Waals surface area contributed by atoms with Crippen LogP contribution in [0.1, 0.15) is 27.7 Å². The molecule has 0 spiro atoms. The molecular weight excluding hydrogens is 362 g/mol. The maximum Gasteiger partial charge on any atom is 0.239 e. The van der Waals surface area contributed by atoms with E-state index >= 15 is 0 Å². The molecule has 0 aliphatic rings. The molecule has 8 heteroatoms. The van der Waals surface area contributed by atoms with Crippen LogP contribution in [0.25, 0.3) is 11.4 Å². The summed E-state index contributed by atoms with van der Waals surface area (Å²) in [5.74, 6) is 0.772. The van der Waals surface area contributed by atoms with Gasteiger partial charge in [-0.1, -0.05) is 42.1 Å². The first-order valence-corrected chi connectivity index (χ1v) is 10.1. The van der Waals surface area contributed by atoms with E-state index in [-0.39, 0.29) is 30.2 Å². The number of rotatable bonds is 9. The third-order valence-electron chi connectivity index (χ3n) is 3.91. The summed E-state index contributed by atoms with van der Waals surface area (Å²) in [5, 5.41) is 12.0. The van der Waals surface area contributed by atoms with Gasteiger partial charge in [-0.2, -0.15) is 0 Å². The number of nitrogens with zero attached hydrogens (tertiary/aromatic N) is 4. The van der Waals surface area contributed by atoms with Crippen molar-refractivity contribution < 1.29 is 9.59 Å². The molecule has 0 saturated heterocycles. The van der Waals surface area contributed by atoms with E-state index < -0.39 is 0 Å². The molecule has 0 fully saturated rings. The largest absolute Gasteiger partial charge is 0.352 e. The summed E-state index contributed by atoms with van der Waals surface area (Å²) in [4.78, 5) is 26.0. The van der Waals surface area contributed by atoms with E-state index in [2.05, 4.69) is 15.5 Å². The van der Waals surface area contributed by atoms with E-state index in [4.69, 9.17) is 0 Å². The molecule has 1 aromatic heterocycles. The molecule has 0 unspecified atom stereocenters. The first kappa shape index (κ1) is 21.0. The van der Waals surface area contributed by atoms with Crippen LogP contribution < -0.4 is 5.32 Å². The van der Waals surface area contributed by atoms with Gasteiger partial charge < -0.3 is 14.8 Å². The van der Waals surface area contributed by atoms with Crippen molar-refractivity contribution >= 4 is 23.6 Å². The summed E-state index contributed by atoms with van der Waals surface area (Å²) in [6.45, 7) is 8.96. The van der Waals surface area contributed by atoms with E-state index in [1.165, 1.54) is 11.8 Å². The van der Waals surface area contributed by atoms with Crippen LogP contribution in [0.3, 0.4) is 0 Å². The maximum atomic E-state index is 12.5. The summed E-state index contributed by atoms with van der Waals surface area (Å²) in [5.41, 5.74) is 0.991. The Bertz CT molecular complexity index is 761. The number of hydrogen-bond donors (Lipinski definition) is 1. The average Bonchev–Trinajstić information content (AvgIpc) is 3.07. The van der Waals surface area contributed by atoms with E-state index in [9.17, 15) is 9.59 Å². The highest BCUT2D eigenvalue weighted by Gasteiger charge is 2.19. The molecule has 1 heterocycles. The quantitative estimate of drug-likeness (QED) is 0.666. The SMILES string of the molecule is CCN(CC(=O)NC(C)C)C(=O)CSc1nnc(-c2ccccc2)n1CC. The van der Waals surface area contributed by atoms with Crippen LogP contribution in [-0.2, 0) is 16.1 Å². The lowest BCUT2D eigenvalue weighted by Gasteiger charge is -2.21. The number of nitrogens with one attached hydrogen (secondary N) is 1. The topological polar surface area (TPSA) is 80.1 Å². The van der Waals surface area contributed by atoms with E-state index in [0.717, 1.165) is 11.4 Å². The summed E-state index contributed by atoms with van der Waals surface area (Å²) >= 11 is 1.35. The Labute approximate surface area is 164 Å².